The van der Waals surface area contributed by atoms with Gasteiger partial charge in [-0.3, -0.25) is 9.59 Å². The molecule has 0 aliphatic carbocycles. The highest BCUT2D eigenvalue weighted by Crippen LogP contribution is 2.30. The highest BCUT2D eigenvalue weighted by molar-refractivity contribution is 5.77. The zero-order chi connectivity index (χ0) is 40.1. The maximum absolute atomic E-state index is 13.0. The van der Waals surface area contributed by atoms with E-state index >= 15 is 0 Å². The van der Waals surface area contributed by atoms with Crippen LogP contribution in [0.3, 0.4) is 0 Å². The lowest BCUT2D eigenvalue weighted by Crippen LogP contribution is -2.35. The quantitative estimate of drug-likeness (QED) is 0.0269. The third-order valence-corrected chi connectivity index (χ3v) is 10.6. The van der Waals surface area contributed by atoms with Gasteiger partial charge >= 0.3 is 11.9 Å². The van der Waals surface area contributed by atoms with Gasteiger partial charge < -0.3 is 23.9 Å². The average molecular weight is 770 g/mol. The molecule has 0 bridgehead atoms. The molecular weight excluding hydrogens is 687 g/mol. The molecule has 0 amide bonds. The van der Waals surface area contributed by atoms with Crippen LogP contribution in [0.4, 0.5) is 0 Å². The fraction of sp³-hybridized carbons (Fsp3) is 0.771. The number of ether oxygens (including phenoxy) is 3. The van der Waals surface area contributed by atoms with Crippen molar-refractivity contribution in [3.8, 4) is 0 Å². The van der Waals surface area contributed by atoms with Crippen LogP contribution in [-0.2, 0) is 28.6 Å². The van der Waals surface area contributed by atoms with E-state index in [1.165, 1.54) is 70.6 Å². The summed E-state index contributed by atoms with van der Waals surface area (Å²) in [5.41, 5.74) is -0.526. The van der Waals surface area contributed by atoms with Gasteiger partial charge in [0.15, 0.2) is 0 Å². The standard InChI is InChI=1S/C48H83NO6/c1-5-7-9-11-13-15-17-19-21-23-25-27-29-31-33-35-46(51)54-41-45(42-55-47(52)48(3)36-37-49(4)43-48)40-53-39-44(38-50)34-32-30-28-26-24-22-20-18-16-14-12-10-8-6-2/h13-16,19-22,38,44-45H,5-12,17-18,23-37,39-43H2,1-4H3/b15-13-,16-14-,21-19-,22-20-. The highest BCUT2D eigenvalue weighted by Gasteiger charge is 2.40. The van der Waals surface area contributed by atoms with E-state index < -0.39 is 5.41 Å². The molecule has 0 radical (unpaired) electrons. The van der Waals surface area contributed by atoms with E-state index in [1.54, 1.807) is 0 Å². The molecule has 0 aromatic heterocycles. The molecule has 0 aromatic carbocycles. The van der Waals surface area contributed by atoms with Crippen LogP contribution in [0.25, 0.3) is 0 Å². The minimum absolute atomic E-state index is 0.130. The molecule has 7 nitrogen and oxygen atoms in total. The second kappa shape index (κ2) is 35.9. The van der Waals surface area contributed by atoms with Gasteiger partial charge in [0.05, 0.1) is 37.8 Å². The molecule has 55 heavy (non-hydrogen) atoms. The number of nitrogens with zero attached hydrogens (tertiary/aromatic N) is 1. The van der Waals surface area contributed by atoms with E-state index in [2.05, 4.69) is 67.4 Å². The number of unbranched alkanes of at least 4 members (excludes halogenated alkanes) is 15. The Hall–Kier alpha value is -2.51. The van der Waals surface area contributed by atoms with E-state index in [4.69, 9.17) is 14.2 Å². The molecule has 1 rings (SSSR count). The molecule has 1 fully saturated rings. The molecule has 0 aromatic rings. The van der Waals surface area contributed by atoms with Gasteiger partial charge in [-0.25, -0.2) is 0 Å². The summed E-state index contributed by atoms with van der Waals surface area (Å²) in [6.45, 7) is 8.83. The summed E-state index contributed by atoms with van der Waals surface area (Å²) in [5, 5.41) is 0. The molecular formula is C48H83NO6. The van der Waals surface area contributed by atoms with E-state index in [9.17, 15) is 14.4 Å². The van der Waals surface area contributed by atoms with Crippen molar-refractivity contribution >= 4 is 18.2 Å². The van der Waals surface area contributed by atoms with E-state index in [0.717, 1.165) is 89.9 Å². The predicted octanol–water partition coefficient (Wildman–Crippen LogP) is 12.1. The monoisotopic (exact) mass is 770 g/mol. The largest absolute Gasteiger partial charge is 0.465 e. The Morgan fingerprint density at radius 3 is 1.67 bits per heavy atom. The van der Waals surface area contributed by atoms with Crippen LogP contribution in [0.2, 0.25) is 0 Å². The number of allylic oxidation sites excluding steroid dienone is 8. The Morgan fingerprint density at radius 1 is 0.636 bits per heavy atom. The average Bonchev–Trinajstić information content (AvgIpc) is 3.55. The smallest absolute Gasteiger partial charge is 0.313 e. The zero-order valence-electron chi connectivity index (χ0n) is 36.0. The summed E-state index contributed by atoms with van der Waals surface area (Å²) in [7, 11) is 2.01. The first-order chi connectivity index (χ1) is 26.8. The van der Waals surface area contributed by atoms with E-state index in [1.807, 2.05) is 14.0 Å². The number of hydrogen-bond donors (Lipinski definition) is 0. The number of rotatable bonds is 37. The third-order valence-electron chi connectivity index (χ3n) is 10.6. The Labute approximate surface area is 338 Å². The van der Waals surface area contributed by atoms with Crippen LogP contribution in [0.5, 0.6) is 0 Å². The third kappa shape index (κ3) is 29.4. The van der Waals surface area contributed by atoms with Crippen molar-refractivity contribution in [2.75, 3.05) is 46.6 Å². The minimum atomic E-state index is -0.526. The predicted molar refractivity (Wildman–Crippen MR) is 230 cm³/mol. The molecule has 1 aliphatic heterocycles. The molecule has 0 spiro atoms. The topological polar surface area (TPSA) is 82.1 Å². The van der Waals surface area contributed by atoms with Gasteiger partial charge in [-0.1, -0.05) is 127 Å². The number of hydrogen-bond acceptors (Lipinski definition) is 7. The minimum Gasteiger partial charge on any atom is -0.465 e. The first kappa shape index (κ1) is 50.5. The summed E-state index contributed by atoms with van der Waals surface area (Å²) in [6, 6.07) is 0. The molecule has 1 heterocycles. The van der Waals surface area contributed by atoms with Crippen molar-refractivity contribution in [1.82, 2.24) is 4.90 Å². The zero-order valence-corrected chi connectivity index (χ0v) is 36.0. The molecule has 1 aliphatic rings. The summed E-state index contributed by atoms with van der Waals surface area (Å²) in [6.07, 6.45) is 45.3. The second-order valence-corrected chi connectivity index (χ2v) is 16.3. The van der Waals surface area contributed by atoms with Crippen LogP contribution >= 0.6 is 0 Å². The molecule has 316 valence electrons. The summed E-state index contributed by atoms with van der Waals surface area (Å²) >= 11 is 0. The van der Waals surface area contributed by atoms with Crippen LogP contribution in [0.15, 0.2) is 48.6 Å². The number of aldehydes is 1. The lowest BCUT2D eigenvalue weighted by Gasteiger charge is -2.24. The Kier molecular flexibility index (Phi) is 32.9. The van der Waals surface area contributed by atoms with E-state index in [0.29, 0.717) is 19.6 Å². The highest BCUT2D eigenvalue weighted by atomic mass is 16.6. The van der Waals surface area contributed by atoms with Crippen LogP contribution in [0.1, 0.15) is 175 Å². The van der Waals surface area contributed by atoms with Gasteiger partial charge in [-0.2, -0.15) is 0 Å². The van der Waals surface area contributed by atoms with Crippen LogP contribution in [0, 0.1) is 17.3 Å². The van der Waals surface area contributed by atoms with Crippen LogP contribution < -0.4 is 0 Å². The fourth-order valence-electron chi connectivity index (χ4n) is 6.85. The number of esters is 2. The fourth-order valence-corrected chi connectivity index (χ4v) is 6.85. The maximum atomic E-state index is 13.0. The molecule has 3 atom stereocenters. The Balaban J connectivity index is 2.33. The molecule has 3 unspecified atom stereocenters. The SMILES string of the molecule is CCCCC/C=C\C/C=C\CCCCCCCC(=O)OCC(COCC(C=O)CCCCCC/C=C\C/C=C\CCCCC)COC(=O)C1(C)CCN(C)C1. The summed E-state index contributed by atoms with van der Waals surface area (Å²) in [5.74, 6) is -0.880. The van der Waals surface area contributed by atoms with E-state index in [-0.39, 0.29) is 43.6 Å². The van der Waals surface area contributed by atoms with Crippen molar-refractivity contribution < 1.29 is 28.6 Å². The molecule has 7 heteroatoms. The molecule has 1 saturated heterocycles. The summed E-state index contributed by atoms with van der Waals surface area (Å²) < 4.78 is 17.4. The first-order valence-corrected chi connectivity index (χ1v) is 22.5. The van der Waals surface area contributed by atoms with Crippen molar-refractivity contribution in [3.05, 3.63) is 48.6 Å². The Bertz CT molecular complexity index is 1070. The van der Waals surface area contributed by atoms with Gasteiger partial charge in [0.25, 0.3) is 0 Å². The number of likely N-dealkylation sites (tertiary alicyclic amines) is 1. The summed E-state index contributed by atoms with van der Waals surface area (Å²) in [4.78, 5) is 39.6. The van der Waals surface area contributed by atoms with Gasteiger partial charge in [-0.15, -0.1) is 0 Å². The van der Waals surface area contributed by atoms with Crippen molar-refractivity contribution in [2.24, 2.45) is 17.3 Å². The van der Waals surface area contributed by atoms with Gasteiger partial charge in [0, 0.05) is 18.9 Å². The van der Waals surface area contributed by atoms with Crippen molar-refractivity contribution in [2.45, 2.75) is 175 Å². The van der Waals surface area contributed by atoms with Crippen molar-refractivity contribution in [1.29, 1.82) is 0 Å². The first-order valence-electron chi connectivity index (χ1n) is 22.5. The van der Waals surface area contributed by atoms with Gasteiger partial charge in [-0.05, 0) is 104 Å². The number of carbonyl (C=O) groups excluding carboxylic acids is 3. The van der Waals surface area contributed by atoms with Gasteiger partial charge in [0.2, 0.25) is 0 Å². The van der Waals surface area contributed by atoms with Gasteiger partial charge in [0.1, 0.15) is 6.29 Å². The lowest BCUT2D eigenvalue weighted by molar-refractivity contribution is -0.158. The van der Waals surface area contributed by atoms with Crippen molar-refractivity contribution in [3.63, 3.8) is 0 Å². The normalized spacial score (nSPS) is 17.6. The maximum Gasteiger partial charge on any atom is 0.313 e. The number of carbonyl (C=O) groups is 3. The Morgan fingerprint density at radius 2 is 1.15 bits per heavy atom. The lowest BCUT2D eigenvalue weighted by atomic mass is 9.90. The van der Waals surface area contributed by atoms with Crippen LogP contribution in [-0.4, -0.2) is 69.7 Å². The molecule has 0 N–H and O–H groups in total. The molecule has 0 saturated carbocycles. The second-order valence-electron chi connectivity index (χ2n) is 16.3.